The first-order chi connectivity index (χ1) is 15.5. The van der Waals surface area contributed by atoms with Gasteiger partial charge in [-0.1, -0.05) is 36.4 Å². The summed E-state index contributed by atoms with van der Waals surface area (Å²) in [5, 5.41) is 3.02. The van der Waals surface area contributed by atoms with Gasteiger partial charge in [-0.15, -0.1) is 11.3 Å². The Morgan fingerprint density at radius 3 is 2.44 bits per heavy atom. The number of thiazole rings is 1. The number of carbonyl (C=O) groups excluding carboxylic acids is 2. The molecule has 1 aliphatic heterocycles. The molecule has 0 unspecified atom stereocenters. The molecule has 0 saturated carbocycles. The van der Waals surface area contributed by atoms with Crippen molar-refractivity contribution in [2.24, 2.45) is 0 Å². The molecule has 1 fully saturated rings. The topological polar surface area (TPSA) is 62.7 Å². The molecule has 166 valence electrons. The number of carbonyl (C=O) groups is 2. The lowest BCUT2D eigenvalue weighted by Crippen LogP contribution is -2.48. The molecular formula is C25H27N3O3S. The molecule has 0 spiro atoms. The third-order valence-electron chi connectivity index (χ3n) is 5.82. The molecule has 2 aromatic carbocycles. The second-order valence-corrected chi connectivity index (χ2v) is 8.83. The number of ether oxygens (including phenoxy) is 1. The third-order valence-corrected chi connectivity index (χ3v) is 6.76. The Bertz CT molecular complexity index is 1090. The van der Waals surface area contributed by atoms with Gasteiger partial charge in [-0.25, -0.2) is 9.78 Å². The van der Waals surface area contributed by atoms with Crippen LogP contribution in [0.4, 0.5) is 0 Å². The van der Waals surface area contributed by atoms with Crippen LogP contribution in [0.1, 0.15) is 27.2 Å². The maximum absolute atomic E-state index is 12.7. The number of hydrogen-bond donors (Lipinski definition) is 0. The highest BCUT2D eigenvalue weighted by Gasteiger charge is 2.22. The molecule has 3 aromatic rings. The zero-order valence-corrected chi connectivity index (χ0v) is 19.2. The van der Waals surface area contributed by atoms with E-state index in [1.807, 2.05) is 35.2 Å². The minimum atomic E-state index is -0.340. The van der Waals surface area contributed by atoms with Gasteiger partial charge in [0.25, 0.3) is 0 Å². The zero-order chi connectivity index (χ0) is 22.5. The van der Waals surface area contributed by atoms with Crippen LogP contribution >= 0.6 is 11.3 Å². The summed E-state index contributed by atoms with van der Waals surface area (Å²) >= 11 is 1.60. The van der Waals surface area contributed by atoms with E-state index < -0.39 is 0 Å². The van der Waals surface area contributed by atoms with Gasteiger partial charge in [0.05, 0.1) is 24.8 Å². The van der Waals surface area contributed by atoms with E-state index in [0.717, 1.165) is 54.6 Å². The summed E-state index contributed by atoms with van der Waals surface area (Å²) in [6, 6.07) is 15.4. The molecule has 0 radical (unpaired) electrons. The Morgan fingerprint density at radius 1 is 1.03 bits per heavy atom. The maximum Gasteiger partial charge on any atom is 0.337 e. The van der Waals surface area contributed by atoms with Crippen molar-refractivity contribution in [3.05, 3.63) is 76.3 Å². The van der Waals surface area contributed by atoms with Crippen LogP contribution in [0.3, 0.4) is 0 Å². The van der Waals surface area contributed by atoms with Gasteiger partial charge in [0.2, 0.25) is 5.91 Å². The smallest absolute Gasteiger partial charge is 0.337 e. The van der Waals surface area contributed by atoms with Crippen LogP contribution in [0.2, 0.25) is 0 Å². The van der Waals surface area contributed by atoms with Crippen LogP contribution < -0.4 is 0 Å². The first-order valence-corrected chi connectivity index (χ1v) is 11.6. The highest BCUT2D eigenvalue weighted by molar-refractivity contribution is 7.13. The number of piperazine rings is 1. The average Bonchev–Trinajstić information content (AvgIpc) is 3.29. The van der Waals surface area contributed by atoms with Crippen molar-refractivity contribution in [2.45, 2.75) is 19.9 Å². The first kappa shape index (κ1) is 22.2. The minimum absolute atomic E-state index is 0.199. The summed E-state index contributed by atoms with van der Waals surface area (Å²) in [5.74, 6) is -0.141. The van der Waals surface area contributed by atoms with E-state index in [2.05, 4.69) is 23.3 Å². The van der Waals surface area contributed by atoms with Gasteiger partial charge < -0.3 is 9.64 Å². The summed E-state index contributed by atoms with van der Waals surface area (Å²) in [5.41, 5.74) is 4.82. The molecule has 0 atom stereocenters. The number of esters is 1. The van der Waals surface area contributed by atoms with E-state index in [9.17, 15) is 9.59 Å². The molecule has 0 bridgehead atoms. The molecule has 1 aromatic heterocycles. The van der Waals surface area contributed by atoms with Crippen molar-refractivity contribution in [3.63, 3.8) is 0 Å². The summed E-state index contributed by atoms with van der Waals surface area (Å²) in [6.07, 6.45) is 0.469. The predicted molar refractivity (Wildman–Crippen MR) is 126 cm³/mol. The van der Waals surface area contributed by atoms with Crippen LogP contribution in [0.5, 0.6) is 0 Å². The Hall–Kier alpha value is -3.03. The van der Waals surface area contributed by atoms with Gasteiger partial charge in [-0.2, -0.15) is 0 Å². The summed E-state index contributed by atoms with van der Waals surface area (Å²) in [7, 11) is 1.38. The van der Waals surface area contributed by atoms with E-state index in [1.54, 1.807) is 23.5 Å². The van der Waals surface area contributed by atoms with Gasteiger partial charge in [-0.3, -0.25) is 9.69 Å². The predicted octanol–water partition coefficient (Wildman–Crippen LogP) is 3.79. The van der Waals surface area contributed by atoms with Crippen molar-refractivity contribution in [1.82, 2.24) is 14.8 Å². The van der Waals surface area contributed by atoms with Crippen molar-refractivity contribution in [3.8, 4) is 10.6 Å². The maximum atomic E-state index is 12.7. The molecule has 32 heavy (non-hydrogen) atoms. The van der Waals surface area contributed by atoms with Crippen molar-refractivity contribution >= 4 is 23.2 Å². The van der Waals surface area contributed by atoms with Crippen molar-refractivity contribution < 1.29 is 14.3 Å². The van der Waals surface area contributed by atoms with E-state index in [4.69, 9.17) is 9.72 Å². The number of hydrogen-bond acceptors (Lipinski definition) is 6. The van der Waals surface area contributed by atoms with E-state index >= 15 is 0 Å². The van der Waals surface area contributed by atoms with Crippen LogP contribution in [0.25, 0.3) is 10.6 Å². The number of amides is 1. The summed E-state index contributed by atoms with van der Waals surface area (Å²) in [6.45, 7) is 6.01. The fraction of sp³-hybridized carbons (Fsp3) is 0.320. The highest BCUT2D eigenvalue weighted by Crippen LogP contribution is 2.25. The third kappa shape index (κ3) is 5.23. The number of rotatable bonds is 6. The molecule has 0 aliphatic carbocycles. The molecule has 4 rings (SSSR count). The van der Waals surface area contributed by atoms with Gasteiger partial charge in [0, 0.05) is 43.7 Å². The lowest BCUT2D eigenvalue weighted by Gasteiger charge is -2.34. The second-order valence-electron chi connectivity index (χ2n) is 7.97. The van der Waals surface area contributed by atoms with Gasteiger partial charge in [-0.05, 0) is 30.2 Å². The number of methoxy groups -OCH3 is 1. The quantitative estimate of drug-likeness (QED) is 0.536. The second kappa shape index (κ2) is 10.1. The molecule has 1 saturated heterocycles. The molecule has 1 amide bonds. The fourth-order valence-corrected chi connectivity index (χ4v) is 4.66. The molecule has 0 N–H and O–H groups in total. The van der Waals surface area contributed by atoms with Crippen LogP contribution in [-0.2, 0) is 22.5 Å². The summed E-state index contributed by atoms with van der Waals surface area (Å²) < 4.78 is 4.75. The van der Waals surface area contributed by atoms with E-state index in [-0.39, 0.29) is 11.9 Å². The average molecular weight is 450 g/mol. The van der Waals surface area contributed by atoms with E-state index in [1.165, 1.54) is 12.7 Å². The number of aryl methyl sites for hydroxylation is 1. The van der Waals surface area contributed by atoms with Gasteiger partial charge in [0.15, 0.2) is 0 Å². The first-order valence-electron chi connectivity index (χ1n) is 10.7. The monoisotopic (exact) mass is 449 g/mol. The molecular weight excluding hydrogens is 422 g/mol. The molecule has 7 heteroatoms. The van der Waals surface area contributed by atoms with Crippen molar-refractivity contribution in [1.29, 1.82) is 0 Å². The SMILES string of the molecule is COC(=O)c1ccc(-c2nc(CN3CCN(C(=O)Cc4ccccc4C)CC3)cs2)cc1. The Balaban J connectivity index is 1.29. The lowest BCUT2D eigenvalue weighted by atomic mass is 10.1. The largest absolute Gasteiger partial charge is 0.465 e. The summed E-state index contributed by atoms with van der Waals surface area (Å²) in [4.78, 5) is 33.4. The van der Waals surface area contributed by atoms with Crippen molar-refractivity contribution in [2.75, 3.05) is 33.3 Å². The molecule has 2 heterocycles. The van der Waals surface area contributed by atoms with Gasteiger partial charge >= 0.3 is 5.97 Å². The number of benzene rings is 2. The standard InChI is InChI=1S/C25H27N3O3S/c1-18-5-3-4-6-21(18)15-23(29)28-13-11-27(12-14-28)16-22-17-32-24(26-22)19-7-9-20(10-8-19)25(30)31-2/h3-10,17H,11-16H2,1-2H3. The normalized spacial score (nSPS) is 14.4. The number of nitrogens with zero attached hydrogens (tertiary/aromatic N) is 3. The zero-order valence-electron chi connectivity index (χ0n) is 18.4. The van der Waals surface area contributed by atoms with Gasteiger partial charge in [0.1, 0.15) is 5.01 Å². The van der Waals surface area contributed by atoms with Crippen LogP contribution in [0.15, 0.2) is 53.9 Å². The Morgan fingerprint density at radius 2 is 1.75 bits per heavy atom. The highest BCUT2D eigenvalue weighted by atomic mass is 32.1. The molecule has 6 nitrogen and oxygen atoms in total. The Kier molecular flexibility index (Phi) is 6.97. The fourth-order valence-electron chi connectivity index (χ4n) is 3.85. The molecule has 1 aliphatic rings. The minimum Gasteiger partial charge on any atom is -0.465 e. The lowest BCUT2D eigenvalue weighted by molar-refractivity contribution is -0.132. The number of aromatic nitrogens is 1. The van der Waals surface area contributed by atoms with E-state index in [0.29, 0.717) is 12.0 Å². The van der Waals surface area contributed by atoms with Crippen LogP contribution in [-0.4, -0.2) is 59.9 Å². The van der Waals surface area contributed by atoms with Crippen LogP contribution in [0, 0.1) is 6.92 Å². The Labute approximate surface area is 192 Å².